The van der Waals surface area contributed by atoms with Crippen LogP contribution in [0.3, 0.4) is 0 Å². The van der Waals surface area contributed by atoms with Crippen LogP contribution in [0.2, 0.25) is 13.3 Å². The molecule has 0 spiro atoms. The molecular formula is C27H46O2Sn. The molecule has 0 aliphatic rings. The average Bonchev–Trinajstić information content (AvgIpc) is 2.78. The van der Waals surface area contributed by atoms with E-state index >= 15 is 0 Å². The molecule has 1 rings (SSSR count). The van der Waals surface area contributed by atoms with E-state index in [0.717, 1.165) is 12.8 Å². The Balaban J connectivity index is 3.00. The Morgan fingerprint density at radius 1 is 0.833 bits per heavy atom. The molecule has 0 saturated carbocycles. The number of carbonyl (C=O) groups is 1. The summed E-state index contributed by atoms with van der Waals surface area (Å²) in [4.78, 5) is 12.7. The topological polar surface area (TPSA) is 26.3 Å². The van der Waals surface area contributed by atoms with Crippen LogP contribution in [0.4, 0.5) is 0 Å². The molecular weight excluding hydrogens is 475 g/mol. The second-order valence-corrected chi connectivity index (χ2v) is 21.8. The van der Waals surface area contributed by atoms with Gasteiger partial charge in [-0.05, 0) is 0 Å². The van der Waals surface area contributed by atoms with E-state index in [-0.39, 0.29) is 12.1 Å². The van der Waals surface area contributed by atoms with E-state index in [9.17, 15) is 4.79 Å². The molecule has 0 fully saturated rings. The second-order valence-electron chi connectivity index (χ2n) is 8.84. The van der Waals surface area contributed by atoms with Crippen molar-refractivity contribution in [1.82, 2.24) is 0 Å². The Bertz CT molecular complexity index is 560. The molecule has 0 heterocycles. The third-order valence-corrected chi connectivity index (χ3v) is 20.2. The standard InChI is InChI=1S/C15H19O2.3C4H9.Sn/c1-3-5-7-12-14(4-2)17-15(16)13-10-8-6-9-11-13;3*1-3-4-2;/h2,4,6,8-11,14H,3,5,7,12H2,1H3;3*1,3-4H2,2H3;/t14-;;;;/m0..../s1. The minimum absolute atomic E-state index is 0.0785. The number of unbranched alkanes of at least 4 members (excludes halogenated alkanes) is 5. The van der Waals surface area contributed by atoms with Crippen molar-refractivity contribution in [3.63, 3.8) is 0 Å². The molecule has 1 aromatic rings. The maximum atomic E-state index is 12.7. The van der Waals surface area contributed by atoms with Crippen LogP contribution in [0.5, 0.6) is 0 Å². The maximum absolute atomic E-state index is 12.7. The van der Waals surface area contributed by atoms with Gasteiger partial charge in [0.15, 0.2) is 0 Å². The van der Waals surface area contributed by atoms with Gasteiger partial charge in [-0.3, -0.25) is 0 Å². The van der Waals surface area contributed by atoms with Gasteiger partial charge in [0.1, 0.15) is 0 Å². The van der Waals surface area contributed by atoms with Gasteiger partial charge in [-0.1, -0.05) is 0 Å². The summed E-state index contributed by atoms with van der Waals surface area (Å²) in [5.41, 5.74) is 0.657. The Labute approximate surface area is 190 Å². The number of ether oxygens (including phenoxy) is 1. The first kappa shape index (κ1) is 27.3. The predicted octanol–water partition coefficient (Wildman–Crippen LogP) is 8.74. The van der Waals surface area contributed by atoms with E-state index in [0.29, 0.717) is 5.56 Å². The van der Waals surface area contributed by atoms with E-state index in [2.05, 4.69) is 37.9 Å². The second kappa shape index (κ2) is 16.9. The molecule has 0 aliphatic carbocycles. The van der Waals surface area contributed by atoms with Crippen molar-refractivity contribution in [3.8, 4) is 0 Å². The number of carbonyl (C=O) groups excluding carboxylic acids is 1. The zero-order valence-electron chi connectivity index (χ0n) is 20.1. The van der Waals surface area contributed by atoms with E-state index in [4.69, 9.17) is 4.74 Å². The summed E-state index contributed by atoms with van der Waals surface area (Å²) in [5.74, 6) is -0.182. The first-order valence-electron chi connectivity index (χ1n) is 12.6. The molecule has 0 aliphatic heterocycles. The number of benzene rings is 1. The molecule has 0 aromatic heterocycles. The molecule has 3 heteroatoms. The average molecular weight is 521 g/mol. The Kier molecular flexibility index (Phi) is 15.3. The van der Waals surface area contributed by atoms with Crippen molar-refractivity contribution in [2.45, 2.75) is 111 Å². The number of hydrogen-bond donors (Lipinski definition) is 0. The van der Waals surface area contributed by atoms with Gasteiger partial charge in [0.05, 0.1) is 0 Å². The van der Waals surface area contributed by atoms with Gasteiger partial charge in [0.2, 0.25) is 0 Å². The van der Waals surface area contributed by atoms with Gasteiger partial charge < -0.3 is 0 Å². The van der Waals surface area contributed by atoms with Gasteiger partial charge in [0, 0.05) is 0 Å². The van der Waals surface area contributed by atoms with Crippen LogP contribution in [0.15, 0.2) is 40.5 Å². The fourth-order valence-corrected chi connectivity index (χ4v) is 18.5. The minimum atomic E-state index is -2.35. The fraction of sp³-hybridized carbons (Fsp3) is 0.667. The zero-order chi connectivity index (χ0) is 22.1. The van der Waals surface area contributed by atoms with Gasteiger partial charge in [-0.2, -0.15) is 0 Å². The quantitative estimate of drug-likeness (QED) is 0.116. The van der Waals surface area contributed by atoms with Crippen molar-refractivity contribution in [2.75, 3.05) is 0 Å². The first-order valence-corrected chi connectivity index (χ1v) is 20.3. The van der Waals surface area contributed by atoms with E-state index in [1.807, 2.05) is 30.3 Å². The summed E-state index contributed by atoms with van der Waals surface area (Å²) < 4.78 is 13.0. The molecule has 0 bridgehead atoms. The summed E-state index contributed by atoms with van der Waals surface area (Å²) >= 11 is -2.35. The molecule has 0 unspecified atom stereocenters. The monoisotopic (exact) mass is 522 g/mol. The SMILES string of the molecule is CCCCC[C@H](/C=[CH]/[Sn]([CH2]CCC)([CH2]CCC)[CH2]CCC)OC(=O)c1ccccc1. The number of esters is 1. The van der Waals surface area contributed by atoms with Gasteiger partial charge in [-0.25, -0.2) is 0 Å². The molecule has 2 nitrogen and oxygen atoms in total. The molecule has 0 amide bonds. The summed E-state index contributed by atoms with van der Waals surface area (Å²) in [6.07, 6.45) is 14.6. The van der Waals surface area contributed by atoms with Gasteiger partial charge in [-0.15, -0.1) is 0 Å². The normalized spacial score (nSPS) is 12.9. The molecule has 1 atom stereocenters. The van der Waals surface area contributed by atoms with E-state index < -0.39 is 18.4 Å². The number of hydrogen-bond acceptors (Lipinski definition) is 2. The van der Waals surface area contributed by atoms with Crippen LogP contribution in [0.25, 0.3) is 0 Å². The summed E-state index contributed by atoms with van der Waals surface area (Å²) in [5, 5.41) is 0. The molecule has 0 saturated heterocycles. The third-order valence-electron chi connectivity index (χ3n) is 6.11. The Hall–Kier alpha value is -0.771. The van der Waals surface area contributed by atoms with Crippen molar-refractivity contribution in [2.24, 2.45) is 0 Å². The van der Waals surface area contributed by atoms with Crippen molar-refractivity contribution >= 4 is 24.3 Å². The van der Waals surface area contributed by atoms with Crippen LogP contribution in [0.1, 0.15) is 102 Å². The fourth-order valence-electron chi connectivity index (χ4n) is 4.09. The van der Waals surface area contributed by atoms with E-state index in [1.54, 1.807) is 0 Å². The molecule has 30 heavy (non-hydrogen) atoms. The van der Waals surface area contributed by atoms with Crippen LogP contribution in [0, 0.1) is 0 Å². The predicted molar refractivity (Wildman–Crippen MR) is 134 cm³/mol. The van der Waals surface area contributed by atoms with Crippen molar-refractivity contribution in [1.29, 1.82) is 0 Å². The summed E-state index contributed by atoms with van der Waals surface area (Å²) in [6, 6.07) is 9.44. The zero-order valence-corrected chi connectivity index (χ0v) is 23.0. The van der Waals surface area contributed by atoms with Crippen molar-refractivity contribution < 1.29 is 9.53 Å². The van der Waals surface area contributed by atoms with Crippen LogP contribution in [-0.4, -0.2) is 30.5 Å². The molecule has 1 aromatic carbocycles. The summed E-state index contributed by atoms with van der Waals surface area (Å²) in [6.45, 7) is 9.17. The first-order chi connectivity index (χ1) is 14.6. The molecule has 170 valence electrons. The third kappa shape index (κ3) is 11.0. The van der Waals surface area contributed by atoms with Gasteiger partial charge >= 0.3 is 191 Å². The molecule has 0 radical (unpaired) electrons. The number of rotatable bonds is 17. The van der Waals surface area contributed by atoms with Crippen molar-refractivity contribution in [3.05, 3.63) is 46.1 Å². The Morgan fingerprint density at radius 3 is 1.87 bits per heavy atom. The van der Waals surface area contributed by atoms with Crippen LogP contribution >= 0.6 is 0 Å². The van der Waals surface area contributed by atoms with Crippen LogP contribution in [-0.2, 0) is 4.74 Å². The Morgan fingerprint density at radius 2 is 1.37 bits per heavy atom. The van der Waals surface area contributed by atoms with Crippen LogP contribution < -0.4 is 0 Å². The molecule has 0 N–H and O–H groups in total. The van der Waals surface area contributed by atoms with E-state index in [1.165, 1.54) is 64.7 Å². The van der Waals surface area contributed by atoms with Gasteiger partial charge in [0.25, 0.3) is 0 Å². The summed E-state index contributed by atoms with van der Waals surface area (Å²) in [7, 11) is 0.